The van der Waals surface area contributed by atoms with E-state index >= 15 is 0 Å². The van der Waals surface area contributed by atoms with Gasteiger partial charge in [-0.05, 0) is 30.5 Å². The zero-order chi connectivity index (χ0) is 15.2. The highest BCUT2D eigenvalue weighted by Crippen LogP contribution is 2.39. The van der Waals surface area contributed by atoms with E-state index in [1.54, 1.807) is 21.3 Å². The predicted molar refractivity (Wildman–Crippen MR) is 83.3 cm³/mol. The average molecular weight is 294 g/mol. The molecule has 0 amide bonds. The molecule has 3 N–H and O–H groups in total. The van der Waals surface area contributed by atoms with Crippen LogP contribution in [-0.2, 0) is 0 Å². The second-order valence-electron chi connectivity index (χ2n) is 5.40. The zero-order valence-corrected chi connectivity index (χ0v) is 13.1. The van der Waals surface area contributed by atoms with Gasteiger partial charge in [-0.2, -0.15) is 0 Å². The van der Waals surface area contributed by atoms with Crippen LogP contribution >= 0.6 is 0 Å². The van der Waals surface area contributed by atoms with E-state index < -0.39 is 0 Å². The fraction of sp³-hybridized carbons (Fsp3) is 0.625. The van der Waals surface area contributed by atoms with E-state index in [1.807, 2.05) is 12.1 Å². The van der Waals surface area contributed by atoms with E-state index in [-0.39, 0.29) is 6.04 Å². The lowest BCUT2D eigenvalue weighted by atomic mass is 10.0. The highest BCUT2D eigenvalue weighted by molar-refractivity contribution is 5.54. The van der Waals surface area contributed by atoms with Crippen LogP contribution in [0.25, 0.3) is 0 Å². The number of nitrogens with one attached hydrogen (secondary N) is 1. The van der Waals surface area contributed by atoms with Crippen LogP contribution in [0.3, 0.4) is 0 Å². The van der Waals surface area contributed by atoms with Crippen LogP contribution in [0.4, 0.5) is 0 Å². The smallest absolute Gasteiger partial charge is 0.203 e. The Labute approximate surface area is 126 Å². The van der Waals surface area contributed by atoms with Crippen LogP contribution in [0, 0.1) is 0 Å². The van der Waals surface area contributed by atoms with E-state index in [0.717, 1.165) is 5.56 Å². The summed E-state index contributed by atoms with van der Waals surface area (Å²) < 4.78 is 16.2. The van der Waals surface area contributed by atoms with Crippen molar-refractivity contribution in [3.8, 4) is 17.2 Å². The number of benzene rings is 1. The Bertz CT molecular complexity index is 434. The maximum atomic E-state index is 5.96. The summed E-state index contributed by atoms with van der Waals surface area (Å²) in [6, 6.07) is 4.60. The quantitative estimate of drug-likeness (QED) is 0.807. The van der Waals surface area contributed by atoms with Crippen molar-refractivity contribution in [2.45, 2.75) is 37.8 Å². The van der Waals surface area contributed by atoms with Crippen molar-refractivity contribution in [3.05, 3.63) is 17.7 Å². The molecule has 1 fully saturated rings. The van der Waals surface area contributed by atoms with Crippen LogP contribution in [0.1, 0.15) is 37.3 Å². The summed E-state index contributed by atoms with van der Waals surface area (Å²) in [6.07, 6.45) is 5.04. The summed E-state index contributed by atoms with van der Waals surface area (Å²) in [5.74, 6) is 1.94. The number of nitrogens with two attached hydrogens (primary N) is 1. The molecule has 118 valence electrons. The first-order valence-electron chi connectivity index (χ1n) is 7.49. The third-order valence-electron chi connectivity index (χ3n) is 4.12. The molecular formula is C16H26N2O3. The molecule has 2 rings (SSSR count). The van der Waals surface area contributed by atoms with E-state index in [0.29, 0.717) is 29.8 Å². The molecule has 0 bridgehead atoms. The Morgan fingerprint density at radius 1 is 1.10 bits per heavy atom. The molecule has 0 spiro atoms. The largest absolute Gasteiger partial charge is 0.493 e. The Morgan fingerprint density at radius 2 is 1.67 bits per heavy atom. The van der Waals surface area contributed by atoms with Crippen molar-refractivity contribution in [1.82, 2.24) is 5.32 Å². The predicted octanol–water partition coefficient (Wildman–Crippen LogP) is 2.24. The van der Waals surface area contributed by atoms with Crippen molar-refractivity contribution in [2.75, 3.05) is 27.9 Å². The molecule has 1 aliphatic carbocycles. The topological polar surface area (TPSA) is 65.7 Å². The molecule has 0 aromatic heterocycles. The zero-order valence-electron chi connectivity index (χ0n) is 13.1. The fourth-order valence-corrected chi connectivity index (χ4v) is 2.98. The maximum Gasteiger partial charge on any atom is 0.203 e. The van der Waals surface area contributed by atoms with Gasteiger partial charge in [-0.3, -0.25) is 0 Å². The van der Waals surface area contributed by atoms with Gasteiger partial charge in [0.2, 0.25) is 5.75 Å². The van der Waals surface area contributed by atoms with Crippen LogP contribution in [-0.4, -0.2) is 33.9 Å². The normalized spacial score (nSPS) is 16.8. The first-order valence-corrected chi connectivity index (χ1v) is 7.49. The SMILES string of the molecule is COc1cc(C(CN)NC2CCCC2)cc(OC)c1OC. The van der Waals surface area contributed by atoms with Gasteiger partial charge in [-0.1, -0.05) is 12.8 Å². The van der Waals surface area contributed by atoms with E-state index in [4.69, 9.17) is 19.9 Å². The molecule has 5 nitrogen and oxygen atoms in total. The monoisotopic (exact) mass is 294 g/mol. The van der Waals surface area contributed by atoms with Gasteiger partial charge in [0.05, 0.1) is 21.3 Å². The molecule has 1 unspecified atom stereocenters. The second-order valence-corrected chi connectivity index (χ2v) is 5.40. The van der Waals surface area contributed by atoms with Gasteiger partial charge in [0.1, 0.15) is 0 Å². The van der Waals surface area contributed by atoms with Gasteiger partial charge in [0, 0.05) is 18.6 Å². The highest BCUT2D eigenvalue weighted by Gasteiger charge is 2.22. The lowest BCUT2D eigenvalue weighted by molar-refractivity contribution is 0.322. The maximum absolute atomic E-state index is 5.96. The van der Waals surface area contributed by atoms with Gasteiger partial charge in [-0.15, -0.1) is 0 Å². The first-order chi connectivity index (χ1) is 10.2. The van der Waals surface area contributed by atoms with Crippen molar-refractivity contribution >= 4 is 0 Å². The van der Waals surface area contributed by atoms with Gasteiger partial charge >= 0.3 is 0 Å². The fourth-order valence-electron chi connectivity index (χ4n) is 2.98. The van der Waals surface area contributed by atoms with Crippen molar-refractivity contribution in [2.24, 2.45) is 5.73 Å². The third kappa shape index (κ3) is 3.60. The lowest BCUT2D eigenvalue weighted by Crippen LogP contribution is -2.35. The molecule has 1 saturated carbocycles. The molecule has 1 aromatic carbocycles. The molecule has 1 atom stereocenters. The Kier molecular flexibility index (Phi) is 5.70. The minimum Gasteiger partial charge on any atom is -0.493 e. The summed E-state index contributed by atoms with van der Waals surface area (Å²) in [7, 11) is 4.86. The van der Waals surface area contributed by atoms with E-state index in [1.165, 1.54) is 25.7 Å². The van der Waals surface area contributed by atoms with Crippen LogP contribution in [0.15, 0.2) is 12.1 Å². The minimum atomic E-state index is 0.0989. The van der Waals surface area contributed by atoms with Gasteiger partial charge in [0.25, 0.3) is 0 Å². The van der Waals surface area contributed by atoms with Crippen LogP contribution in [0.5, 0.6) is 17.2 Å². The molecule has 0 radical (unpaired) electrons. The molecule has 1 aliphatic rings. The summed E-state index contributed by atoms with van der Waals surface area (Å²) in [4.78, 5) is 0. The molecule has 0 saturated heterocycles. The lowest BCUT2D eigenvalue weighted by Gasteiger charge is -2.23. The minimum absolute atomic E-state index is 0.0989. The average Bonchev–Trinajstić information content (AvgIpc) is 3.04. The van der Waals surface area contributed by atoms with Gasteiger partial charge in [0.15, 0.2) is 11.5 Å². The molecule has 21 heavy (non-hydrogen) atoms. The molecule has 5 heteroatoms. The molecule has 1 aromatic rings. The van der Waals surface area contributed by atoms with Gasteiger partial charge in [-0.25, -0.2) is 0 Å². The Hall–Kier alpha value is -1.46. The summed E-state index contributed by atoms with van der Waals surface area (Å²) in [5.41, 5.74) is 7.03. The first kappa shape index (κ1) is 15.9. The molecule has 0 heterocycles. The molecular weight excluding hydrogens is 268 g/mol. The highest BCUT2D eigenvalue weighted by atomic mass is 16.5. The molecule has 0 aliphatic heterocycles. The number of rotatable bonds is 7. The van der Waals surface area contributed by atoms with E-state index in [2.05, 4.69) is 5.32 Å². The third-order valence-corrected chi connectivity index (χ3v) is 4.12. The van der Waals surface area contributed by atoms with Gasteiger partial charge < -0.3 is 25.3 Å². The van der Waals surface area contributed by atoms with Crippen molar-refractivity contribution < 1.29 is 14.2 Å². The second kappa shape index (κ2) is 7.52. The van der Waals surface area contributed by atoms with Crippen molar-refractivity contribution in [3.63, 3.8) is 0 Å². The number of ether oxygens (including phenoxy) is 3. The van der Waals surface area contributed by atoms with Crippen molar-refractivity contribution in [1.29, 1.82) is 0 Å². The van der Waals surface area contributed by atoms with Crippen LogP contribution < -0.4 is 25.3 Å². The van der Waals surface area contributed by atoms with Crippen LogP contribution in [0.2, 0.25) is 0 Å². The Balaban J connectivity index is 2.27. The standard InChI is InChI=1S/C16H26N2O3/c1-19-14-8-11(9-15(20-2)16(14)21-3)13(10-17)18-12-6-4-5-7-12/h8-9,12-13,18H,4-7,10,17H2,1-3H3. The van der Waals surface area contributed by atoms with E-state index in [9.17, 15) is 0 Å². The number of hydrogen-bond donors (Lipinski definition) is 2. The number of methoxy groups -OCH3 is 3. The summed E-state index contributed by atoms with van der Waals surface area (Å²) in [6.45, 7) is 0.537. The summed E-state index contributed by atoms with van der Waals surface area (Å²) >= 11 is 0. The number of hydrogen-bond acceptors (Lipinski definition) is 5. The Morgan fingerprint density at radius 3 is 2.10 bits per heavy atom. The summed E-state index contributed by atoms with van der Waals surface area (Å²) in [5, 5.41) is 3.65.